The summed E-state index contributed by atoms with van der Waals surface area (Å²) < 4.78 is 5.15. The molecule has 0 aromatic heterocycles. The summed E-state index contributed by atoms with van der Waals surface area (Å²) in [7, 11) is 0. The van der Waals surface area contributed by atoms with Gasteiger partial charge in [0.25, 0.3) is 5.91 Å². The first-order chi connectivity index (χ1) is 12.5. The SMILES string of the molecule is C[C@H](c1ccccc1)N1C[C@@H](C(=O)OCC(=O)NC2CCCC2)CC1=O. The molecule has 26 heavy (non-hydrogen) atoms. The van der Waals surface area contributed by atoms with Gasteiger partial charge in [0.1, 0.15) is 0 Å². The Hall–Kier alpha value is -2.37. The predicted molar refractivity (Wildman–Crippen MR) is 96.0 cm³/mol. The van der Waals surface area contributed by atoms with Gasteiger partial charge in [-0.1, -0.05) is 43.2 Å². The van der Waals surface area contributed by atoms with Crippen molar-refractivity contribution in [1.82, 2.24) is 10.2 Å². The average molecular weight is 358 g/mol. The quantitative estimate of drug-likeness (QED) is 0.791. The van der Waals surface area contributed by atoms with Crippen LogP contribution in [0.15, 0.2) is 30.3 Å². The molecule has 1 aliphatic heterocycles. The Morgan fingerprint density at radius 2 is 1.92 bits per heavy atom. The Morgan fingerprint density at radius 3 is 2.62 bits per heavy atom. The molecule has 2 aliphatic rings. The first-order valence-electron chi connectivity index (χ1n) is 9.35. The standard InChI is InChI=1S/C20H26N2O4/c1-14(15-7-3-2-4-8-15)22-12-16(11-19(22)24)20(25)26-13-18(23)21-17-9-5-6-10-17/h2-4,7-8,14,16-17H,5-6,9-13H2,1H3,(H,21,23)/t14-,16+/m1/s1. The molecule has 140 valence electrons. The molecule has 6 nitrogen and oxygen atoms in total. The number of nitrogens with zero attached hydrogens (tertiary/aromatic N) is 1. The zero-order chi connectivity index (χ0) is 18.5. The number of nitrogens with one attached hydrogen (secondary N) is 1. The molecule has 1 aliphatic carbocycles. The van der Waals surface area contributed by atoms with Gasteiger partial charge in [-0.05, 0) is 25.3 Å². The van der Waals surface area contributed by atoms with Crippen molar-refractivity contribution in [3.63, 3.8) is 0 Å². The fourth-order valence-corrected chi connectivity index (χ4v) is 3.77. The Bertz CT molecular complexity index is 655. The lowest BCUT2D eigenvalue weighted by atomic mass is 10.1. The van der Waals surface area contributed by atoms with Crippen LogP contribution in [0.3, 0.4) is 0 Å². The van der Waals surface area contributed by atoms with E-state index < -0.39 is 11.9 Å². The summed E-state index contributed by atoms with van der Waals surface area (Å²) in [5.41, 5.74) is 1.03. The molecule has 1 heterocycles. The van der Waals surface area contributed by atoms with E-state index in [0.29, 0.717) is 6.54 Å². The molecule has 2 fully saturated rings. The van der Waals surface area contributed by atoms with E-state index in [-0.39, 0.29) is 36.9 Å². The number of benzene rings is 1. The Kier molecular flexibility index (Phi) is 5.91. The summed E-state index contributed by atoms with van der Waals surface area (Å²) in [6.07, 6.45) is 4.38. The first kappa shape index (κ1) is 18.4. The van der Waals surface area contributed by atoms with Crippen molar-refractivity contribution < 1.29 is 19.1 Å². The maximum absolute atomic E-state index is 12.3. The van der Waals surface area contributed by atoms with Crippen LogP contribution in [-0.2, 0) is 19.1 Å². The molecule has 0 bridgehead atoms. The minimum absolute atomic E-state index is 0.0567. The van der Waals surface area contributed by atoms with Gasteiger partial charge in [0.2, 0.25) is 5.91 Å². The molecule has 1 saturated heterocycles. The fraction of sp³-hybridized carbons (Fsp3) is 0.550. The monoisotopic (exact) mass is 358 g/mol. The third-order valence-electron chi connectivity index (χ3n) is 5.31. The highest BCUT2D eigenvalue weighted by molar-refractivity contribution is 5.88. The lowest BCUT2D eigenvalue weighted by Gasteiger charge is -2.25. The van der Waals surface area contributed by atoms with Crippen molar-refractivity contribution in [3.05, 3.63) is 35.9 Å². The fourth-order valence-electron chi connectivity index (χ4n) is 3.77. The van der Waals surface area contributed by atoms with Crippen LogP contribution in [0.5, 0.6) is 0 Å². The van der Waals surface area contributed by atoms with Crippen LogP contribution in [0.2, 0.25) is 0 Å². The topological polar surface area (TPSA) is 75.7 Å². The van der Waals surface area contributed by atoms with E-state index in [9.17, 15) is 14.4 Å². The van der Waals surface area contributed by atoms with Crippen molar-refractivity contribution >= 4 is 17.8 Å². The maximum atomic E-state index is 12.3. The van der Waals surface area contributed by atoms with Crippen LogP contribution in [0.4, 0.5) is 0 Å². The lowest BCUT2D eigenvalue weighted by molar-refractivity contribution is -0.152. The first-order valence-corrected chi connectivity index (χ1v) is 9.35. The van der Waals surface area contributed by atoms with E-state index in [1.54, 1.807) is 4.90 Å². The number of carbonyl (C=O) groups excluding carboxylic acids is 3. The lowest BCUT2D eigenvalue weighted by Crippen LogP contribution is -2.36. The Labute approximate surface area is 153 Å². The second kappa shape index (κ2) is 8.34. The molecule has 0 spiro atoms. The van der Waals surface area contributed by atoms with E-state index in [1.165, 1.54) is 0 Å². The molecule has 1 N–H and O–H groups in total. The van der Waals surface area contributed by atoms with Crippen molar-refractivity contribution in [1.29, 1.82) is 0 Å². The van der Waals surface area contributed by atoms with Gasteiger partial charge in [0, 0.05) is 19.0 Å². The van der Waals surface area contributed by atoms with E-state index in [0.717, 1.165) is 31.2 Å². The van der Waals surface area contributed by atoms with E-state index in [4.69, 9.17) is 4.74 Å². The zero-order valence-electron chi connectivity index (χ0n) is 15.1. The van der Waals surface area contributed by atoms with Gasteiger partial charge in [-0.25, -0.2) is 0 Å². The summed E-state index contributed by atoms with van der Waals surface area (Å²) >= 11 is 0. The van der Waals surface area contributed by atoms with E-state index >= 15 is 0 Å². The van der Waals surface area contributed by atoms with Crippen molar-refractivity contribution in [2.24, 2.45) is 5.92 Å². The third-order valence-corrected chi connectivity index (χ3v) is 5.31. The zero-order valence-corrected chi connectivity index (χ0v) is 15.1. The van der Waals surface area contributed by atoms with Gasteiger partial charge < -0.3 is 15.0 Å². The summed E-state index contributed by atoms with van der Waals surface area (Å²) in [4.78, 5) is 38.1. The van der Waals surface area contributed by atoms with E-state index in [1.807, 2.05) is 37.3 Å². The molecular weight excluding hydrogens is 332 g/mol. The highest BCUT2D eigenvalue weighted by Gasteiger charge is 2.38. The molecule has 2 atom stereocenters. The van der Waals surface area contributed by atoms with E-state index in [2.05, 4.69) is 5.32 Å². The minimum Gasteiger partial charge on any atom is -0.455 e. The summed E-state index contributed by atoms with van der Waals surface area (Å²) in [6.45, 7) is 2.02. The normalized spacial score (nSPS) is 21.7. The number of ether oxygens (including phenoxy) is 1. The summed E-state index contributed by atoms with van der Waals surface area (Å²) in [5, 5.41) is 2.89. The Balaban J connectivity index is 1.48. The molecule has 0 radical (unpaired) electrons. The molecule has 1 aromatic rings. The number of hydrogen-bond acceptors (Lipinski definition) is 4. The average Bonchev–Trinajstić information content (AvgIpc) is 3.29. The molecule has 2 amide bonds. The van der Waals surface area contributed by atoms with Crippen molar-refractivity contribution in [2.45, 2.75) is 51.1 Å². The molecular formula is C20H26N2O4. The molecule has 1 saturated carbocycles. The van der Waals surface area contributed by atoms with Crippen LogP contribution < -0.4 is 5.32 Å². The van der Waals surface area contributed by atoms with Crippen LogP contribution in [0.1, 0.15) is 50.6 Å². The summed E-state index contributed by atoms with van der Waals surface area (Å²) in [6, 6.07) is 9.85. The van der Waals surface area contributed by atoms with Gasteiger partial charge in [0.15, 0.2) is 6.61 Å². The van der Waals surface area contributed by atoms with Crippen LogP contribution in [0, 0.1) is 5.92 Å². The molecule has 3 rings (SSSR count). The largest absolute Gasteiger partial charge is 0.455 e. The number of amides is 2. The van der Waals surface area contributed by atoms with Gasteiger partial charge in [0.05, 0.1) is 12.0 Å². The molecule has 0 unspecified atom stereocenters. The van der Waals surface area contributed by atoms with Crippen molar-refractivity contribution in [2.75, 3.05) is 13.2 Å². The van der Waals surface area contributed by atoms with Crippen LogP contribution >= 0.6 is 0 Å². The van der Waals surface area contributed by atoms with Gasteiger partial charge in [-0.3, -0.25) is 14.4 Å². The predicted octanol–water partition coefficient (Wildman–Crippen LogP) is 2.20. The van der Waals surface area contributed by atoms with Gasteiger partial charge in [-0.2, -0.15) is 0 Å². The second-order valence-corrected chi connectivity index (χ2v) is 7.19. The molecule has 1 aromatic carbocycles. The Morgan fingerprint density at radius 1 is 1.23 bits per heavy atom. The molecule has 6 heteroatoms. The smallest absolute Gasteiger partial charge is 0.311 e. The number of likely N-dealkylation sites (tertiary alicyclic amines) is 1. The number of hydrogen-bond donors (Lipinski definition) is 1. The number of rotatable bonds is 6. The maximum Gasteiger partial charge on any atom is 0.311 e. The van der Waals surface area contributed by atoms with Gasteiger partial charge >= 0.3 is 5.97 Å². The van der Waals surface area contributed by atoms with Gasteiger partial charge in [-0.15, -0.1) is 0 Å². The minimum atomic E-state index is -0.507. The number of carbonyl (C=O) groups is 3. The third kappa shape index (κ3) is 4.42. The second-order valence-electron chi connectivity index (χ2n) is 7.19. The van der Waals surface area contributed by atoms with Crippen LogP contribution in [-0.4, -0.2) is 41.9 Å². The van der Waals surface area contributed by atoms with Crippen molar-refractivity contribution in [3.8, 4) is 0 Å². The summed E-state index contributed by atoms with van der Waals surface area (Å²) in [5.74, 6) is -1.29. The number of esters is 1. The van der Waals surface area contributed by atoms with Crippen LogP contribution in [0.25, 0.3) is 0 Å². The highest BCUT2D eigenvalue weighted by Crippen LogP contribution is 2.29. The highest BCUT2D eigenvalue weighted by atomic mass is 16.5.